The number of nitrogens with zero attached hydrogens (tertiary/aromatic N) is 1. The zero-order valence-electron chi connectivity index (χ0n) is 16.5. The SMILES string of the molecule is CCOc1ccc(NC(=O)CCCN2C(=O)/C(=C/c3cccc(O)c3)SC2=S)cc1. The van der Waals surface area contributed by atoms with Gasteiger partial charge in [0.1, 0.15) is 15.8 Å². The van der Waals surface area contributed by atoms with E-state index in [2.05, 4.69) is 5.32 Å². The molecule has 6 nitrogen and oxygen atoms in total. The summed E-state index contributed by atoms with van der Waals surface area (Å²) in [5.41, 5.74) is 1.42. The van der Waals surface area contributed by atoms with Gasteiger partial charge >= 0.3 is 0 Å². The monoisotopic (exact) mass is 442 g/mol. The number of hydrogen-bond acceptors (Lipinski definition) is 6. The first kappa shape index (κ1) is 21.9. The van der Waals surface area contributed by atoms with Gasteiger partial charge in [-0.1, -0.05) is 36.1 Å². The lowest BCUT2D eigenvalue weighted by atomic mass is 10.2. The van der Waals surface area contributed by atoms with E-state index >= 15 is 0 Å². The molecule has 3 rings (SSSR count). The number of phenols is 1. The molecule has 1 fully saturated rings. The van der Waals surface area contributed by atoms with Crippen molar-refractivity contribution in [2.75, 3.05) is 18.5 Å². The smallest absolute Gasteiger partial charge is 0.266 e. The molecule has 0 unspecified atom stereocenters. The third-order valence-corrected chi connectivity index (χ3v) is 5.65. The Morgan fingerprint density at radius 3 is 2.73 bits per heavy atom. The van der Waals surface area contributed by atoms with Gasteiger partial charge in [-0.2, -0.15) is 0 Å². The van der Waals surface area contributed by atoms with Crippen LogP contribution in [0.25, 0.3) is 6.08 Å². The lowest BCUT2D eigenvalue weighted by Crippen LogP contribution is -2.29. The number of thioether (sulfide) groups is 1. The van der Waals surface area contributed by atoms with Crippen molar-refractivity contribution in [3.63, 3.8) is 0 Å². The van der Waals surface area contributed by atoms with Crippen LogP contribution in [-0.2, 0) is 9.59 Å². The summed E-state index contributed by atoms with van der Waals surface area (Å²) in [5.74, 6) is 0.585. The van der Waals surface area contributed by atoms with E-state index in [0.29, 0.717) is 34.5 Å². The van der Waals surface area contributed by atoms with E-state index in [1.54, 1.807) is 54.6 Å². The number of phenolic OH excluding ortho intramolecular Hbond substituents is 1. The maximum atomic E-state index is 12.6. The maximum Gasteiger partial charge on any atom is 0.266 e. The second kappa shape index (κ2) is 10.3. The fraction of sp³-hybridized carbons (Fsp3) is 0.227. The summed E-state index contributed by atoms with van der Waals surface area (Å²) in [7, 11) is 0. The summed E-state index contributed by atoms with van der Waals surface area (Å²) in [6.45, 7) is 2.88. The molecule has 1 aliphatic rings. The number of carbonyl (C=O) groups is 2. The first-order valence-corrected chi connectivity index (χ1v) is 10.8. The van der Waals surface area contributed by atoms with Gasteiger partial charge in [-0.15, -0.1) is 0 Å². The van der Waals surface area contributed by atoms with Crippen LogP contribution in [0.4, 0.5) is 5.69 Å². The zero-order valence-corrected chi connectivity index (χ0v) is 18.1. The maximum absolute atomic E-state index is 12.6. The van der Waals surface area contributed by atoms with Gasteiger partial charge in [0.05, 0.1) is 11.5 Å². The standard InChI is InChI=1S/C22H22N2O4S2/c1-2-28-18-10-8-16(9-11-18)23-20(26)7-4-12-24-21(27)19(30-22(24)29)14-15-5-3-6-17(25)13-15/h3,5-6,8-11,13-14,25H,2,4,7,12H2,1H3,(H,23,26)/b19-14-. The van der Waals surface area contributed by atoms with E-state index in [1.165, 1.54) is 16.7 Å². The van der Waals surface area contributed by atoms with Crippen LogP contribution in [0.3, 0.4) is 0 Å². The summed E-state index contributed by atoms with van der Waals surface area (Å²) in [6, 6.07) is 13.9. The fourth-order valence-corrected chi connectivity index (χ4v) is 4.19. The van der Waals surface area contributed by atoms with Gasteiger partial charge in [-0.05, 0) is 61.4 Å². The van der Waals surface area contributed by atoms with E-state index in [1.807, 2.05) is 6.92 Å². The molecule has 0 spiro atoms. The van der Waals surface area contributed by atoms with E-state index in [4.69, 9.17) is 17.0 Å². The molecule has 2 aromatic carbocycles. The van der Waals surface area contributed by atoms with Crippen molar-refractivity contribution >= 4 is 51.9 Å². The van der Waals surface area contributed by atoms with Gasteiger partial charge in [-0.25, -0.2) is 0 Å². The molecule has 0 atom stereocenters. The largest absolute Gasteiger partial charge is 0.508 e. The quantitative estimate of drug-likeness (QED) is 0.466. The highest BCUT2D eigenvalue weighted by Crippen LogP contribution is 2.33. The highest BCUT2D eigenvalue weighted by molar-refractivity contribution is 8.26. The van der Waals surface area contributed by atoms with E-state index in [-0.39, 0.29) is 24.0 Å². The predicted octanol–water partition coefficient (Wildman–Crippen LogP) is 4.41. The summed E-state index contributed by atoms with van der Waals surface area (Å²) in [5, 5.41) is 12.4. The topological polar surface area (TPSA) is 78.9 Å². The molecular formula is C22H22N2O4S2. The second-order valence-corrected chi connectivity index (χ2v) is 8.21. The summed E-state index contributed by atoms with van der Waals surface area (Å²) < 4.78 is 5.85. The average molecular weight is 443 g/mol. The molecule has 156 valence electrons. The normalized spacial score (nSPS) is 15.0. The zero-order chi connectivity index (χ0) is 21.5. The molecular weight excluding hydrogens is 420 g/mol. The number of carbonyl (C=O) groups excluding carboxylic acids is 2. The van der Waals surface area contributed by atoms with Crippen LogP contribution in [0, 0.1) is 0 Å². The highest BCUT2D eigenvalue weighted by atomic mass is 32.2. The molecule has 0 aromatic heterocycles. The number of thiocarbonyl (C=S) groups is 1. The number of aromatic hydroxyl groups is 1. The molecule has 8 heteroatoms. The minimum Gasteiger partial charge on any atom is -0.508 e. The lowest BCUT2D eigenvalue weighted by molar-refractivity contribution is -0.122. The molecule has 0 aliphatic carbocycles. The van der Waals surface area contributed by atoms with Crippen LogP contribution in [0.5, 0.6) is 11.5 Å². The van der Waals surface area contributed by atoms with Crippen LogP contribution in [0.2, 0.25) is 0 Å². The molecule has 1 saturated heterocycles. The minimum absolute atomic E-state index is 0.125. The van der Waals surface area contributed by atoms with Crippen molar-refractivity contribution in [3.8, 4) is 11.5 Å². The van der Waals surface area contributed by atoms with Crippen LogP contribution in [-0.4, -0.2) is 39.3 Å². The number of amides is 2. The Balaban J connectivity index is 1.50. The first-order valence-electron chi connectivity index (χ1n) is 9.53. The van der Waals surface area contributed by atoms with Gasteiger partial charge < -0.3 is 15.2 Å². The fourth-order valence-electron chi connectivity index (χ4n) is 2.88. The van der Waals surface area contributed by atoms with Crippen molar-refractivity contribution in [2.24, 2.45) is 0 Å². The summed E-state index contributed by atoms with van der Waals surface area (Å²) in [6.07, 6.45) is 2.47. The average Bonchev–Trinajstić information content (AvgIpc) is 2.97. The van der Waals surface area contributed by atoms with Crippen LogP contribution >= 0.6 is 24.0 Å². The highest BCUT2D eigenvalue weighted by Gasteiger charge is 2.31. The van der Waals surface area contributed by atoms with Gasteiger partial charge in [-0.3, -0.25) is 14.5 Å². The number of anilines is 1. The van der Waals surface area contributed by atoms with Crippen LogP contribution in [0.1, 0.15) is 25.3 Å². The Bertz CT molecular complexity index is 973. The molecule has 0 radical (unpaired) electrons. The molecule has 2 aromatic rings. The number of ether oxygens (including phenoxy) is 1. The number of benzene rings is 2. The van der Waals surface area contributed by atoms with Crippen molar-refractivity contribution < 1.29 is 19.4 Å². The van der Waals surface area contributed by atoms with Crippen molar-refractivity contribution in [3.05, 3.63) is 59.0 Å². The predicted molar refractivity (Wildman–Crippen MR) is 123 cm³/mol. The van der Waals surface area contributed by atoms with E-state index in [0.717, 1.165) is 11.3 Å². The first-order chi connectivity index (χ1) is 14.5. The second-order valence-electron chi connectivity index (χ2n) is 6.54. The van der Waals surface area contributed by atoms with Gasteiger partial charge in [0, 0.05) is 18.7 Å². The molecule has 1 aliphatic heterocycles. The van der Waals surface area contributed by atoms with E-state index < -0.39 is 0 Å². The minimum atomic E-state index is -0.180. The van der Waals surface area contributed by atoms with Gasteiger partial charge in [0.2, 0.25) is 5.91 Å². The molecule has 2 amide bonds. The molecule has 30 heavy (non-hydrogen) atoms. The van der Waals surface area contributed by atoms with Crippen molar-refractivity contribution in [1.29, 1.82) is 0 Å². The van der Waals surface area contributed by atoms with Gasteiger partial charge in [0.15, 0.2) is 0 Å². The molecule has 2 N–H and O–H groups in total. The number of nitrogens with one attached hydrogen (secondary N) is 1. The van der Waals surface area contributed by atoms with Crippen LogP contribution < -0.4 is 10.1 Å². The Hall–Kier alpha value is -2.84. The number of rotatable bonds is 8. The Kier molecular flexibility index (Phi) is 7.48. The third kappa shape index (κ3) is 5.84. The lowest BCUT2D eigenvalue weighted by Gasteiger charge is -2.14. The molecule has 0 bridgehead atoms. The van der Waals surface area contributed by atoms with Gasteiger partial charge in [0.25, 0.3) is 5.91 Å². The summed E-state index contributed by atoms with van der Waals surface area (Å²) in [4.78, 5) is 26.8. The number of hydrogen-bond donors (Lipinski definition) is 2. The Labute approximate surface area is 184 Å². The van der Waals surface area contributed by atoms with Crippen LogP contribution in [0.15, 0.2) is 53.4 Å². The van der Waals surface area contributed by atoms with Crippen molar-refractivity contribution in [2.45, 2.75) is 19.8 Å². The Morgan fingerprint density at radius 1 is 1.27 bits per heavy atom. The van der Waals surface area contributed by atoms with E-state index in [9.17, 15) is 14.7 Å². The third-order valence-electron chi connectivity index (χ3n) is 4.28. The Morgan fingerprint density at radius 2 is 2.03 bits per heavy atom. The van der Waals surface area contributed by atoms with Crippen molar-refractivity contribution in [1.82, 2.24) is 4.90 Å². The molecule has 0 saturated carbocycles. The summed E-state index contributed by atoms with van der Waals surface area (Å²) >= 11 is 6.54. The molecule has 1 heterocycles.